The molecule has 0 bridgehead atoms. The first-order valence-corrected chi connectivity index (χ1v) is 12.7. The lowest BCUT2D eigenvalue weighted by atomic mass is 10.1. The number of amides is 1. The van der Waals surface area contributed by atoms with Crippen molar-refractivity contribution < 1.29 is 4.79 Å². The molecule has 11 heteroatoms. The van der Waals surface area contributed by atoms with Crippen LogP contribution in [0.25, 0.3) is 11.0 Å². The summed E-state index contributed by atoms with van der Waals surface area (Å²) in [6.45, 7) is 7.37. The number of aromatic nitrogens is 5. The molecule has 3 aromatic rings. The number of rotatable bonds is 6. The molecular formula is C25H34N8O3. The Morgan fingerprint density at radius 2 is 1.81 bits per heavy atom. The number of carbonyl (C=O) groups excluding carboxylic acids is 1. The molecule has 0 radical (unpaired) electrons. The molecular weight excluding hydrogens is 460 g/mol. The average molecular weight is 495 g/mol. The van der Waals surface area contributed by atoms with E-state index in [1.807, 2.05) is 31.4 Å². The van der Waals surface area contributed by atoms with Gasteiger partial charge >= 0.3 is 5.69 Å². The van der Waals surface area contributed by atoms with Gasteiger partial charge in [0, 0.05) is 50.2 Å². The lowest BCUT2D eigenvalue weighted by Crippen LogP contribution is -2.44. The summed E-state index contributed by atoms with van der Waals surface area (Å²) >= 11 is 0. The number of nitrogens with two attached hydrogens (primary N) is 1. The molecule has 11 nitrogen and oxygen atoms in total. The Morgan fingerprint density at radius 3 is 2.42 bits per heavy atom. The van der Waals surface area contributed by atoms with Crippen molar-refractivity contribution in [2.75, 3.05) is 18.0 Å². The third-order valence-electron chi connectivity index (χ3n) is 7.05. The molecule has 192 valence electrons. The van der Waals surface area contributed by atoms with Crippen LogP contribution in [-0.2, 0) is 20.1 Å². The minimum atomic E-state index is -0.508. The zero-order valence-electron chi connectivity index (χ0n) is 21.4. The maximum absolute atomic E-state index is 13.9. The topological polar surface area (TPSA) is 133 Å². The first-order chi connectivity index (χ1) is 17.2. The quantitative estimate of drug-likeness (QED) is 0.518. The van der Waals surface area contributed by atoms with Crippen LogP contribution in [0.3, 0.4) is 0 Å². The second-order valence-electron chi connectivity index (χ2n) is 10.0. The molecule has 0 aromatic carbocycles. The molecule has 3 aromatic heterocycles. The Bertz CT molecular complexity index is 1440. The van der Waals surface area contributed by atoms with E-state index in [1.54, 1.807) is 7.05 Å². The Morgan fingerprint density at radius 1 is 1.11 bits per heavy atom. The number of nitrogens with one attached hydrogen (secondary N) is 1. The van der Waals surface area contributed by atoms with Crippen molar-refractivity contribution in [3.63, 3.8) is 0 Å². The number of hydrogen-bond donors (Lipinski definition) is 2. The average Bonchev–Trinajstić information content (AvgIpc) is 3.56. The van der Waals surface area contributed by atoms with Crippen LogP contribution in [-0.4, -0.2) is 54.7 Å². The van der Waals surface area contributed by atoms with Crippen molar-refractivity contribution >= 4 is 22.8 Å². The first-order valence-electron chi connectivity index (χ1n) is 12.7. The van der Waals surface area contributed by atoms with E-state index in [0.29, 0.717) is 41.3 Å². The van der Waals surface area contributed by atoms with Crippen LogP contribution in [0.2, 0.25) is 0 Å². The van der Waals surface area contributed by atoms with Crippen molar-refractivity contribution in [3.05, 3.63) is 49.7 Å². The molecule has 36 heavy (non-hydrogen) atoms. The van der Waals surface area contributed by atoms with Crippen molar-refractivity contribution in [1.29, 1.82) is 0 Å². The zero-order chi connectivity index (χ0) is 25.7. The molecule has 3 N–H and O–H groups in total. The van der Waals surface area contributed by atoms with Gasteiger partial charge < -0.3 is 20.5 Å². The SMILES string of the molecule is CCn1c(N2CCC[C@@H](N)C2)c(C(=O)NC2CC2)c2c1c(=O)n(Cc1nc(C)cc(C)n1)c(=O)n2C. The number of aryl methyl sites for hydroxylation is 4. The van der Waals surface area contributed by atoms with E-state index in [1.165, 1.54) is 4.57 Å². The maximum Gasteiger partial charge on any atom is 0.331 e. The van der Waals surface area contributed by atoms with E-state index < -0.39 is 11.2 Å². The van der Waals surface area contributed by atoms with Gasteiger partial charge in [-0.15, -0.1) is 0 Å². The summed E-state index contributed by atoms with van der Waals surface area (Å²) in [5.74, 6) is 0.802. The standard InChI is InChI=1S/C25H34N8O3/c1-5-32-21-20(19(22(34)29-17-8-9-17)23(32)31-10-6-7-16(26)12-31)30(4)25(36)33(24(21)35)13-18-27-14(2)11-15(3)28-18/h11,16-17H,5-10,12-13,26H2,1-4H3,(H,29,34)/t16-/m1/s1. The normalized spacial score (nSPS) is 18.1. The van der Waals surface area contributed by atoms with E-state index in [-0.39, 0.29) is 24.5 Å². The van der Waals surface area contributed by atoms with Crippen molar-refractivity contribution in [2.24, 2.45) is 12.8 Å². The monoisotopic (exact) mass is 494 g/mol. The van der Waals surface area contributed by atoms with Crippen molar-refractivity contribution in [1.82, 2.24) is 29.0 Å². The predicted molar refractivity (Wildman–Crippen MR) is 138 cm³/mol. The predicted octanol–water partition coefficient (Wildman–Crippen LogP) is 0.796. The minimum absolute atomic E-state index is 0.0244. The third kappa shape index (κ3) is 4.21. The number of piperidine rings is 1. The zero-order valence-corrected chi connectivity index (χ0v) is 21.4. The highest BCUT2D eigenvalue weighted by molar-refractivity contribution is 6.11. The van der Waals surface area contributed by atoms with E-state index in [0.717, 1.165) is 48.2 Å². The van der Waals surface area contributed by atoms with Crippen molar-refractivity contribution in [3.8, 4) is 0 Å². The van der Waals surface area contributed by atoms with Crippen LogP contribution in [0.5, 0.6) is 0 Å². The van der Waals surface area contributed by atoms with Gasteiger partial charge in [-0.3, -0.25) is 18.7 Å². The van der Waals surface area contributed by atoms with E-state index in [9.17, 15) is 14.4 Å². The highest BCUT2D eigenvalue weighted by Gasteiger charge is 2.34. The Hall–Kier alpha value is -3.47. The largest absolute Gasteiger partial charge is 0.356 e. The molecule has 0 unspecified atom stereocenters. The van der Waals surface area contributed by atoms with Gasteiger partial charge in [-0.2, -0.15) is 0 Å². The lowest BCUT2D eigenvalue weighted by molar-refractivity contribution is 0.0952. The molecule has 1 aliphatic carbocycles. The molecule has 5 rings (SSSR count). The minimum Gasteiger partial charge on any atom is -0.356 e. The van der Waals surface area contributed by atoms with Crippen LogP contribution in [0.4, 0.5) is 5.82 Å². The molecule has 0 spiro atoms. The van der Waals surface area contributed by atoms with Crippen LogP contribution in [0, 0.1) is 13.8 Å². The van der Waals surface area contributed by atoms with Crippen LogP contribution in [0.1, 0.15) is 60.2 Å². The summed E-state index contributed by atoms with van der Waals surface area (Å²) in [6, 6.07) is 1.95. The summed E-state index contributed by atoms with van der Waals surface area (Å²) in [6.07, 6.45) is 3.67. The van der Waals surface area contributed by atoms with E-state index in [4.69, 9.17) is 5.73 Å². The molecule has 1 saturated carbocycles. The Labute approximate surface area is 208 Å². The van der Waals surface area contributed by atoms with E-state index >= 15 is 0 Å². The molecule has 1 saturated heterocycles. The van der Waals surface area contributed by atoms with Crippen LogP contribution < -0.4 is 27.2 Å². The highest BCUT2D eigenvalue weighted by Crippen LogP contribution is 2.33. The van der Waals surface area contributed by atoms with Crippen LogP contribution in [0.15, 0.2) is 15.7 Å². The van der Waals surface area contributed by atoms with Gasteiger partial charge in [-0.05, 0) is 52.5 Å². The third-order valence-corrected chi connectivity index (χ3v) is 7.05. The van der Waals surface area contributed by atoms with Gasteiger partial charge in [-0.1, -0.05) is 0 Å². The number of nitrogens with zero attached hydrogens (tertiary/aromatic N) is 6. The van der Waals surface area contributed by atoms with Gasteiger partial charge in [0.05, 0.1) is 12.1 Å². The van der Waals surface area contributed by atoms with Gasteiger partial charge in [0.15, 0.2) is 0 Å². The molecule has 2 aliphatic rings. The summed E-state index contributed by atoms with van der Waals surface area (Å²) < 4.78 is 4.45. The number of anilines is 1. The van der Waals surface area contributed by atoms with Gasteiger partial charge in [-0.25, -0.2) is 14.8 Å². The Kier molecular flexibility index (Phi) is 6.19. The highest BCUT2D eigenvalue weighted by atomic mass is 16.2. The van der Waals surface area contributed by atoms with E-state index in [2.05, 4.69) is 20.2 Å². The summed E-state index contributed by atoms with van der Waals surface area (Å²) in [5, 5.41) is 3.07. The molecule has 1 amide bonds. The molecule has 1 aliphatic heterocycles. The first kappa shape index (κ1) is 24.2. The summed E-state index contributed by atoms with van der Waals surface area (Å²) in [4.78, 5) is 52.0. The molecule has 1 atom stereocenters. The molecule has 2 fully saturated rings. The fourth-order valence-corrected chi connectivity index (χ4v) is 5.31. The summed E-state index contributed by atoms with van der Waals surface area (Å²) in [7, 11) is 1.61. The Balaban J connectivity index is 1.77. The smallest absolute Gasteiger partial charge is 0.331 e. The van der Waals surface area contributed by atoms with Gasteiger partial charge in [0.2, 0.25) is 0 Å². The number of fused-ring (bicyclic) bond motifs is 1. The van der Waals surface area contributed by atoms with Gasteiger partial charge in [0.25, 0.3) is 11.5 Å². The number of hydrogen-bond acceptors (Lipinski definition) is 7. The second-order valence-corrected chi connectivity index (χ2v) is 10.0. The fraction of sp³-hybridized carbons (Fsp3) is 0.560. The van der Waals surface area contributed by atoms with Crippen molar-refractivity contribution in [2.45, 2.75) is 71.6 Å². The molecule has 4 heterocycles. The lowest BCUT2D eigenvalue weighted by Gasteiger charge is -2.33. The summed E-state index contributed by atoms with van der Waals surface area (Å²) in [5.41, 5.74) is 7.93. The fourth-order valence-electron chi connectivity index (χ4n) is 5.31. The van der Waals surface area contributed by atoms with Crippen LogP contribution >= 0.6 is 0 Å². The second kappa shape index (κ2) is 9.20. The van der Waals surface area contributed by atoms with Gasteiger partial charge in [0.1, 0.15) is 22.7 Å². The number of carbonyl (C=O) groups is 1. The maximum atomic E-state index is 13.9.